The van der Waals surface area contributed by atoms with Gasteiger partial charge in [0.1, 0.15) is 12.3 Å². The van der Waals surface area contributed by atoms with Crippen LogP contribution in [0.2, 0.25) is 5.02 Å². The predicted octanol–water partition coefficient (Wildman–Crippen LogP) is 3.58. The van der Waals surface area contributed by atoms with Gasteiger partial charge >= 0.3 is 6.03 Å². The van der Waals surface area contributed by atoms with Crippen LogP contribution in [0.5, 0.6) is 5.75 Å². The predicted molar refractivity (Wildman–Crippen MR) is 137 cm³/mol. The van der Waals surface area contributed by atoms with Gasteiger partial charge in [-0.15, -0.1) is 0 Å². The number of ether oxygens (including phenoxy) is 1. The average Bonchev–Trinajstić information content (AvgIpc) is 3.70. The van der Waals surface area contributed by atoms with Crippen molar-refractivity contribution in [3.05, 3.63) is 53.6 Å². The lowest BCUT2D eigenvalue weighted by Crippen LogP contribution is -2.48. The van der Waals surface area contributed by atoms with Gasteiger partial charge in [-0.25, -0.2) is 9.00 Å². The summed E-state index contributed by atoms with van der Waals surface area (Å²) in [5.74, 6) is 0.590. The molecule has 0 spiro atoms. The number of carbonyl (C=O) groups is 2. The number of rotatable bonds is 9. The lowest BCUT2D eigenvalue weighted by atomic mass is 9.98. The highest BCUT2D eigenvalue weighted by atomic mass is 35.5. The standard InChI is InChI=1S/C25H31ClN4O4S/c1-34-20-11-12-22(26)23(14-20)30(35(33)21-7-3-2-4-8-21)17-24(31)29-13-5-6-18(16-29)15-27-25(32)28-19-9-10-19/h2-4,7-8,11-12,14,18-19H,5-6,9-10,13,15-17H2,1H3,(H2,27,28,32). The molecule has 35 heavy (non-hydrogen) atoms. The van der Waals surface area contributed by atoms with Crippen LogP contribution in [0.25, 0.3) is 0 Å². The van der Waals surface area contributed by atoms with E-state index in [0.29, 0.717) is 47.0 Å². The van der Waals surface area contributed by atoms with Crippen molar-refractivity contribution in [3.8, 4) is 5.75 Å². The number of methoxy groups -OCH3 is 1. The molecule has 3 amide bonds. The van der Waals surface area contributed by atoms with Gasteiger partial charge < -0.3 is 20.3 Å². The SMILES string of the molecule is COc1ccc(Cl)c(N(CC(=O)N2CCCC(CNC(=O)NC3CC3)C2)S(=O)c2ccccc2)c1. The van der Waals surface area contributed by atoms with E-state index in [1.807, 2.05) is 18.2 Å². The second-order valence-corrected chi connectivity index (χ2v) is 10.7. The molecule has 1 heterocycles. The van der Waals surface area contributed by atoms with E-state index in [2.05, 4.69) is 10.6 Å². The molecule has 0 bridgehead atoms. The zero-order chi connectivity index (χ0) is 24.8. The molecule has 2 aliphatic rings. The number of nitrogens with zero attached hydrogens (tertiary/aromatic N) is 2. The first-order valence-corrected chi connectivity index (χ1v) is 13.3. The van der Waals surface area contributed by atoms with E-state index in [4.69, 9.17) is 16.3 Å². The van der Waals surface area contributed by atoms with Crippen LogP contribution in [0.4, 0.5) is 10.5 Å². The molecule has 1 saturated heterocycles. The summed E-state index contributed by atoms with van der Waals surface area (Å²) in [6, 6.07) is 14.2. The first-order valence-electron chi connectivity index (χ1n) is 11.8. The van der Waals surface area contributed by atoms with Crippen LogP contribution >= 0.6 is 11.6 Å². The van der Waals surface area contributed by atoms with Gasteiger partial charge in [-0.3, -0.25) is 9.10 Å². The van der Waals surface area contributed by atoms with Crippen molar-refractivity contribution in [3.63, 3.8) is 0 Å². The largest absolute Gasteiger partial charge is 0.497 e. The fourth-order valence-electron chi connectivity index (χ4n) is 4.09. The molecule has 2 N–H and O–H groups in total. The highest BCUT2D eigenvalue weighted by Gasteiger charge is 2.29. The van der Waals surface area contributed by atoms with E-state index < -0.39 is 11.0 Å². The van der Waals surface area contributed by atoms with Gasteiger partial charge in [-0.2, -0.15) is 0 Å². The van der Waals surface area contributed by atoms with Gasteiger partial charge in [0.25, 0.3) is 0 Å². The van der Waals surface area contributed by atoms with E-state index in [0.717, 1.165) is 25.7 Å². The van der Waals surface area contributed by atoms with Crippen molar-refractivity contribution in [1.29, 1.82) is 0 Å². The topological polar surface area (TPSA) is 91.0 Å². The molecule has 2 atom stereocenters. The number of carbonyl (C=O) groups excluding carboxylic acids is 2. The van der Waals surface area contributed by atoms with Crippen LogP contribution in [0.3, 0.4) is 0 Å². The highest BCUT2D eigenvalue weighted by molar-refractivity contribution is 7.86. The number of likely N-dealkylation sites (tertiary alicyclic amines) is 1. The molecule has 2 unspecified atom stereocenters. The quantitative estimate of drug-likeness (QED) is 0.531. The first kappa shape index (κ1) is 25.3. The molecule has 1 aliphatic carbocycles. The van der Waals surface area contributed by atoms with Gasteiger partial charge in [0.15, 0.2) is 11.0 Å². The Morgan fingerprint density at radius 2 is 1.94 bits per heavy atom. The van der Waals surface area contributed by atoms with Gasteiger partial charge in [-0.05, 0) is 55.9 Å². The fraction of sp³-hybridized carbons (Fsp3) is 0.440. The Kier molecular flexibility index (Phi) is 8.51. The Bertz CT molecular complexity index is 1070. The smallest absolute Gasteiger partial charge is 0.315 e. The number of urea groups is 1. The van der Waals surface area contributed by atoms with Crippen LogP contribution in [0.15, 0.2) is 53.4 Å². The summed E-state index contributed by atoms with van der Waals surface area (Å²) < 4.78 is 20.4. The molecule has 8 nitrogen and oxygen atoms in total. The van der Waals surface area contributed by atoms with Crippen molar-refractivity contribution in [2.75, 3.05) is 37.6 Å². The van der Waals surface area contributed by atoms with E-state index >= 15 is 0 Å². The lowest BCUT2D eigenvalue weighted by Gasteiger charge is -2.34. The number of hydrogen-bond donors (Lipinski definition) is 2. The molecule has 0 radical (unpaired) electrons. The number of piperidine rings is 1. The Labute approximate surface area is 213 Å². The molecule has 2 fully saturated rings. The lowest BCUT2D eigenvalue weighted by molar-refractivity contribution is -0.131. The Balaban J connectivity index is 1.46. The second-order valence-electron chi connectivity index (χ2n) is 8.89. The monoisotopic (exact) mass is 518 g/mol. The highest BCUT2D eigenvalue weighted by Crippen LogP contribution is 2.32. The summed E-state index contributed by atoms with van der Waals surface area (Å²) in [7, 11) is -0.110. The maximum Gasteiger partial charge on any atom is 0.315 e. The Morgan fingerprint density at radius 3 is 2.66 bits per heavy atom. The summed E-state index contributed by atoms with van der Waals surface area (Å²) in [4.78, 5) is 27.7. The molecule has 188 valence electrons. The molecule has 4 rings (SSSR count). The molecule has 1 saturated carbocycles. The zero-order valence-electron chi connectivity index (χ0n) is 19.7. The zero-order valence-corrected chi connectivity index (χ0v) is 21.3. The van der Waals surface area contributed by atoms with Crippen molar-refractivity contribution in [2.45, 2.75) is 36.6 Å². The van der Waals surface area contributed by atoms with Crippen LogP contribution in [-0.2, 0) is 15.8 Å². The van der Waals surface area contributed by atoms with Crippen LogP contribution in [0.1, 0.15) is 25.7 Å². The molecule has 0 aromatic heterocycles. The minimum atomic E-state index is -1.66. The maximum absolute atomic E-state index is 13.6. The molecular formula is C25H31ClN4O4S. The van der Waals surface area contributed by atoms with E-state index in [9.17, 15) is 13.8 Å². The minimum absolute atomic E-state index is 0.100. The number of halogens is 1. The van der Waals surface area contributed by atoms with Crippen molar-refractivity contribution < 1.29 is 18.5 Å². The second kappa shape index (κ2) is 11.8. The Hall–Kier alpha value is -2.78. The summed E-state index contributed by atoms with van der Waals surface area (Å²) in [5, 5.41) is 6.23. The van der Waals surface area contributed by atoms with E-state index in [1.165, 1.54) is 4.31 Å². The normalized spacial score (nSPS) is 18.5. The summed E-state index contributed by atoms with van der Waals surface area (Å²) in [6.45, 7) is 1.59. The first-order chi connectivity index (χ1) is 16.9. The number of nitrogens with one attached hydrogen (secondary N) is 2. The van der Waals surface area contributed by atoms with E-state index in [-0.39, 0.29) is 24.4 Å². The molecule has 2 aromatic rings. The summed E-state index contributed by atoms with van der Waals surface area (Å²) >= 11 is 6.48. The number of amides is 3. The minimum Gasteiger partial charge on any atom is -0.497 e. The molecule has 1 aliphatic heterocycles. The van der Waals surface area contributed by atoms with Gasteiger partial charge in [0.2, 0.25) is 5.91 Å². The van der Waals surface area contributed by atoms with Gasteiger partial charge in [-0.1, -0.05) is 29.8 Å². The maximum atomic E-state index is 13.6. The van der Waals surface area contributed by atoms with Crippen molar-refractivity contribution >= 4 is 40.2 Å². The average molecular weight is 519 g/mol. The number of hydrogen-bond acceptors (Lipinski definition) is 4. The third-order valence-corrected chi connectivity index (χ3v) is 7.90. The fourth-order valence-corrected chi connectivity index (χ4v) is 5.56. The summed E-state index contributed by atoms with van der Waals surface area (Å²) in [6.07, 6.45) is 3.87. The number of benzene rings is 2. The third kappa shape index (κ3) is 6.89. The summed E-state index contributed by atoms with van der Waals surface area (Å²) in [5.41, 5.74) is 0.466. The molecule has 2 aromatic carbocycles. The van der Waals surface area contributed by atoms with Crippen LogP contribution in [-0.4, -0.2) is 60.4 Å². The molecule has 10 heteroatoms. The number of anilines is 1. The van der Waals surface area contributed by atoms with Crippen molar-refractivity contribution in [2.24, 2.45) is 5.92 Å². The van der Waals surface area contributed by atoms with Gasteiger partial charge in [0, 0.05) is 31.7 Å². The van der Waals surface area contributed by atoms with Crippen LogP contribution in [0, 0.1) is 5.92 Å². The van der Waals surface area contributed by atoms with E-state index in [1.54, 1.807) is 42.3 Å². The Morgan fingerprint density at radius 1 is 1.17 bits per heavy atom. The van der Waals surface area contributed by atoms with Gasteiger partial charge in [0.05, 0.1) is 22.7 Å². The third-order valence-electron chi connectivity index (χ3n) is 6.18. The van der Waals surface area contributed by atoms with Crippen molar-refractivity contribution in [1.82, 2.24) is 15.5 Å². The molecular weight excluding hydrogens is 488 g/mol. The van der Waals surface area contributed by atoms with Crippen LogP contribution < -0.4 is 19.7 Å².